The number of rotatable bonds is 1. The van der Waals surface area contributed by atoms with Crippen LogP contribution in [0.15, 0.2) is 0 Å². The molecule has 150 valence electrons. The molecule has 0 radical (unpaired) electrons. The van der Waals surface area contributed by atoms with Crippen LogP contribution in [0.3, 0.4) is 0 Å². The van der Waals surface area contributed by atoms with E-state index in [1.165, 1.54) is 32.1 Å². The van der Waals surface area contributed by atoms with Crippen molar-refractivity contribution in [3.8, 4) is 0 Å². The highest BCUT2D eigenvalue weighted by Crippen LogP contribution is 2.68. The summed E-state index contributed by atoms with van der Waals surface area (Å²) in [6.45, 7) is 7.06. The van der Waals surface area contributed by atoms with E-state index in [1.54, 1.807) is 0 Å². The lowest BCUT2D eigenvalue weighted by atomic mass is 9.45. The first-order chi connectivity index (χ1) is 12.9. The van der Waals surface area contributed by atoms with Crippen molar-refractivity contribution < 1.29 is 14.6 Å². The van der Waals surface area contributed by atoms with Crippen LogP contribution in [-0.4, -0.2) is 46.8 Å². The number of nitrogens with zero attached hydrogens (tertiary/aromatic N) is 1. The molecular formula is C23H35NO3. The molecule has 2 saturated heterocycles. The molecule has 4 heteroatoms. The van der Waals surface area contributed by atoms with Crippen LogP contribution in [0.4, 0.5) is 0 Å². The average molecular weight is 374 g/mol. The minimum absolute atomic E-state index is 0.0772. The molecule has 4 nitrogen and oxygen atoms in total. The zero-order chi connectivity index (χ0) is 18.6. The van der Waals surface area contributed by atoms with Crippen molar-refractivity contribution in [1.82, 2.24) is 4.90 Å². The van der Waals surface area contributed by atoms with E-state index in [0.29, 0.717) is 34.9 Å². The van der Waals surface area contributed by atoms with E-state index in [9.17, 15) is 9.90 Å². The predicted molar refractivity (Wildman–Crippen MR) is 102 cm³/mol. The van der Waals surface area contributed by atoms with Crippen LogP contribution in [0.25, 0.3) is 0 Å². The number of hydrogen-bond acceptors (Lipinski definition) is 4. The van der Waals surface area contributed by atoms with Gasteiger partial charge in [-0.05, 0) is 93.5 Å². The molecule has 4 saturated carbocycles. The third kappa shape index (κ3) is 2.18. The Hall–Kier alpha value is -0.450. The third-order valence-corrected chi connectivity index (χ3v) is 10.3. The molecule has 0 bridgehead atoms. The minimum atomic E-state index is -0.787. The fraction of sp³-hybridized carbons (Fsp3) is 0.957. The summed E-state index contributed by atoms with van der Waals surface area (Å²) >= 11 is 0. The van der Waals surface area contributed by atoms with Crippen molar-refractivity contribution >= 4 is 5.78 Å². The Morgan fingerprint density at radius 2 is 1.85 bits per heavy atom. The third-order valence-electron chi connectivity index (χ3n) is 10.3. The monoisotopic (exact) mass is 373 g/mol. The SMILES string of the molecule is C[C@]12CC3O[C@@]3(O)C[C@@H]1CC[C@@H]1[C@@H]2CC[C@]2(C)C(=O)[C@@H](N3CCCC3)C[C@@H]12. The summed E-state index contributed by atoms with van der Waals surface area (Å²) in [6.07, 6.45) is 10.3. The van der Waals surface area contributed by atoms with Gasteiger partial charge in [-0.25, -0.2) is 0 Å². The van der Waals surface area contributed by atoms with Gasteiger partial charge in [0.2, 0.25) is 0 Å². The number of carbonyl (C=O) groups excluding carboxylic acids is 1. The molecule has 6 rings (SSSR count). The Labute approximate surface area is 163 Å². The molecule has 1 N–H and O–H groups in total. The Morgan fingerprint density at radius 3 is 2.63 bits per heavy atom. The maximum Gasteiger partial charge on any atom is 0.193 e. The Balaban J connectivity index is 1.29. The van der Waals surface area contributed by atoms with Crippen LogP contribution in [0.2, 0.25) is 0 Å². The molecule has 0 aromatic carbocycles. The maximum atomic E-state index is 13.5. The smallest absolute Gasteiger partial charge is 0.193 e. The molecule has 1 unspecified atom stereocenters. The highest BCUT2D eigenvalue weighted by atomic mass is 16.7. The number of Topliss-reactive ketones (excluding diaryl/α,β-unsaturated/α-hetero) is 1. The molecule has 0 spiro atoms. The zero-order valence-corrected chi connectivity index (χ0v) is 17.0. The van der Waals surface area contributed by atoms with Gasteiger partial charge in [0.15, 0.2) is 11.6 Å². The fourth-order valence-electron chi connectivity index (χ4n) is 8.69. The number of likely N-dealkylation sites (tertiary alicyclic amines) is 1. The van der Waals surface area contributed by atoms with E-state index in [4.69, 9.17) is 4.74 Å². The van der Waals surface area contributed by atoms with Crippen molar-refractivity contribution in [2.24, 2.45) is 34.5 Å². The topological polar surface area (TPSA) is 53.1 Å². The lowest BCUT2D eigenvalue weighted by Gasteiger charge is -2.59. The van der Waals surface area contributed by atoms with Gasteiger partial charge in [0.05, 0.1) is 6.04 Å². The molecule has 9 atom stereocenters. The summed E-state index contributed by atoms with van der Waals surface area (Å²) in [5.74, 6) is 2.37. The molecule has 2 aliphatic heterocycles. The molecule has 4 aliphatic carbocycles. The van der Waals surface area contributed by atoms with E-state index in [0.717, 1.165) is 38.8 Å². The van der Waals surface area contributed by atoms with Gasteiger partial charge in [0.25, 0.3) is 0 Å². The van der Waals surface area contributed by atoms with Gasteiger partial charge >= 0.3 is 0 Å². The molecule has 2 heterocycles. The van der Waals surface area contributed by atoms with Gasteiger partial charge in [0, 0.05) is 11.8 Å². The standard InChI is InChI=1S/C23H35NO3/c1-21-8-7-16-15(17(21)11-18(20(21)25)24-9-3-4-10-24)6-5-14-12-23(26)19(27-23)13-22(14,16)2/h14-19,26H,3-13H2,1-2H3/t14-,15+,16-,17-,18-,19?,21-,22-,23-/m0/s1. The molecule has 0 aromatic rings. The summed E-state index contributed by atoms with van der Waals surface area (Å²) in [4.78, 5) is 16.0. The van der Waals surface area contributed by atoms with Crippen molar-refractivity contribution in [3.05, 3.63) is 0 Å². The molecule has 0 amide bonds. The van der Waals surface area contributed by atoms with Crippen molar-refractivity contribution in [1.29, 1.82) is 0 Å². The van der Waals surface area contributed by atoms with E-state index < -0.39 is 5.79 Å². The average Bonchev–Trinajstić information content (AvgIpc) is 2.98. The van der Waals surface area contributed by atoms with Crippen LogP contribution in [-0.2, 0) is 9.53 Å². The molecule has 27 heavy (non-hydrogen) atoms. The van der Waals surface area contributed by atoms with Crippen LogP contribution < -0.4 is 0 Å². The number of aliphatic hydroxyl groups is 1. The lowest BCUT2D eigenvalue weighted by Crippen LogP contribution is -2.54. The fourth-order valence-corrected chi connectivity index (χ4v) is 8.69. The van der Waals surface area contributed by atoms with Crippen LogP contribution >= 0.6 is 0 Å². The highest BCUT2D eigenvalue weighted by Gasteiger charge is 2.69. The summed E-state index contributed by atoms with van der Waals surface area (Å²) in [5.41, 5.74) is 0.218. The Kier molecular flexibility index (Phi) is 3.46. The first kappa shape index (κ1) is 17.4. The molecule has 6 fully saturated rings. The summed E-state index contributed by atoms with van der Waals surface area (Å²) < 4.78 is 5.71. The van der Waals surface area contributed by atoms with Crippen LogP contribution in [0, 0.1) is 34.5 Å². The van der Waals surface area contributed by atoms with Crippen LogP contribution in [0.1, 0.15) is 71.6 Å². The Bertz CT molecular complexity index is 675. The van der Waals surface area contributed by atoms with Gasteiger partial charge in [-0.15, -0.1) is 0 Å². The van der Waals surface area contributed by atoms with Gasteiger partial charge in [0.1, 0.15) is 6.10 Å². The minimum Gasteiger partial charge on any atom is -0.363 e. The summed E-state index contributed by atoms with van der Waals surface area (Å²) in [6, 6.07) is 0.204. The predicted octanol–water partition coefficient (Wildman–Crippen LogP) is 3.37. The quantitative estimate of drug-likeness (QED) is 0.716. The van der Waals surface area contributed by atoms with Crippen molar-refractivity contribution in [2.45, 2.75) is 89.6 Å². The Morgan fingerprint density at radius 1 is 1.07 bits per heavy atom. The van der Waals surface area contributed by atoms with Gasteiger partial charge in [-0.2, -0.15) is 0 Å². The van der Waals surface area contributed by atoms with E-state index in [2.05, 4.69) is 18.7 Å². The molecule has 0 aromatic heterocycles. The largest absolute Gasteiger partial charge is 0.363 e. The molecule has 6 aliphatic rings. The number of ketones is 1. The van der Waals surface area contributed by atoms with E-state index in [-0.39, 0.29) is 17.6 Å². The number of epoxide rings is 1. The number of ether oxygens (including phenoxy) is 1. The van der Waals surface area contributed by atoms with Crippen LogP contribution in [0.5, 0.6) is 0 Å². The first-order valence-corrected chi connectivity index (χ1v) is 11.5. The number of carbonyl (C=O) groups is 1. The highest BCUT2D eigenvalue weighted by molar-refractivity contribution is 5.92. The van der Waals surface area contributed by atoms with Crippen molar-refractivity contribution in [2.75, 3.05) is 13.1 Å². The first-order valence-electron chi connectivity index (χ1n) is 11.5. The number of fused-ring (bicyclic) bond motifs is 6. The van der Waals surface area contributed by atoms with Gasteiger partial charge < -0.3 is 9.84 Å². The molecular weight excluding hydrogens is 338 g/mol. The van der Waals surface area contributed by atoms with Crippen molar-refractivity contribution in [3.63, 3.8) is 0 Å². The second kappa shape index (κ2) is 5.37. The zero-order valence-electron chi connectivity index (χ0n) is 17.0. The van der Waals surface area contributed by atoms with E-state index >= 15 is 0 Å². The summed E-state index contributed by atoms with van der Waals surface area (Å²) in [5, 5.41) is 10.5. The second-order valence-electron chi connectivity index (χ2n) is 11.3. The van der Waals surface area contributed by atoms with Gasteiger partial charge in [-0.1, -0.05) is 13.8 Å². The normalized spacial score (nSPS) is 59.7. The maximum absolute atomic E-state index is 13.5. The lowest BCUT2D eigenvalue weighted by molar-refractivity contribution is -0.143. The number of hydrogen-bond donors (Lipinski definition) is 1. The van der Waals surface area contributed by atoms with Gasteiger partial charge in [-0.3, -0.25) is 9.69 Å². The second-order valence-corrected chi connectivity index (χ2v) is 11.3. The van der Waals surface area contributed by atoms with E-state index in [1.807, 2.05) is 0 Å². The summed E-state index contributed by atoms with van der Waals surface area (Å²) in [7, 11) is 0.